The van der Waals surface area contributed by atoms with Crippen LogP contribution in [0.3, 0.4) is 0 Å². The number of pyridine rings is 1. The maximum atomic E-state index is 12.1. The highest BCUT2D eigenvalue weighted by atomic mass is 16.5. The Hall–Kier alpha value is -3.16. The van der Waals surface area contributed by atoms with Gasteiger partial charge in [-0.1, -0.05) is 0 Å². The van der Waals surface area contributed by atoms with Crippen LogP contribution >= 0.6 is 0 Å². The van der Waals surface area contributed by atoms with Crippen molar-refractivity contribution >= 4 is 23.7 Å². The number of nitrogens with one attached hydrogen (secondary N) is 2. The molecule has 0 unspecified atom stereocenters. The second-order valence-corrected chi connectivity index (χ2v) is 5.19. The second-order valence-electron chi connectivity index (χ2n) is 5.19. The number of nitrogens with two attached hydrogens (primary N) is 1. The third kappa shape index (κ3) is 6.39. The number of hydrogen-bond acceptors (Lipinski definition) is 6. The molecule has 0 saturated heterocycles. The van der Waals surface area contributed by atoms with Crippen molar-refractivity contribution in [2.45, 2.75) is 0 Å². The summed E-state index contributed by atoms with van der Waals surface area (Å²) in [5.74, 6) is 5.71. The van der Waals surface area contributed by atoms with Gasteiger partial charge in [0.05, 0.1) is 6.61 Å². The predicted octanol–water partition coefficient (Wildman–Crippen LogP) is 2.19. The van der Waals surface area contributed by atoms with Crippen LogP contribution in [0.5, 0.6) is 5.75 Å². The number of benzene rings is 1. The minimum Gasteiger partial charge on any atom is -0.491 e. The average molecular weight is 354 g/mol. The molecular weight excluding hydrogens is 332 g/mol. The quantitative estimate of drug-likeness (QED) is 0.276. The molecular formula is C19H22N4O3. The number of anilines is 1. The SMILES string of the molecule is COCCOc1ccc(NC(=O)/C=C/c2cnccc2/C=C/NN)cc1. The third-order valence-corrected chi connectivity index (χ3v) is 3.34. The number of aromatic nitrogens is 1. The molecule has 0 atom stereocenters. The lowest BCUT2D eigenvalue weighted by molar-refractivity contribution is -0.111. The maximum absolute atomic E-state index is 12.1. The number of hydrogen-bond donors (Lipinski definition) is 3. The number of carbonyl (C=O) groups excluding carboxylic acids is 1. The zero-order chi connectivity index (χ0) is 18.6. The van der Waals surface area contributed by atoms with Crippen LogP contribution in [0.15, 0.2) is 55.0 Å². The Labute approximate surface area is 152 Å². The normalized spacial score (nSPS) is 11.0. The summed E-state index contributed by atoms with van der Waals surface area (Å²) in [5.41, 5.74) is 4.81. The molecule has 7 heteroatoms. The molecule has 0 spiro atoms. The highest BCUT2D eigenvalue weighted by Crippen LogP contribution is 2.16. The van der Waals surface area contributed by atoms with Gasteiger partial charge in [-0.25, -0.2) is 0 Å². The summed E-state index contributed by atoms with van der Waals surface area (Å²) in [6, 6.07) is 8.96. The van der Waals surface area contributed by atoms with Crippen LogP contribution in [-0.2, 0) is 9.53 Å². The van der Waals surface area contributed by atoms with Crippen molar-refractivity contribution in [2.24, 2.45) is 5.84 Å². The van der Waals surface area contributed by atoms with Crippen molar-refractivity contribution in [3.8, 4) is 5.75 Å². The first-order valence-electron chi connectivity index (χ1n) is 8.00. The number of nitrogens with zero attached hydrogens (tertiary/aromatic N) is 1. The largest absolute Gasteiger partial charge is 0.491 e. The van der Waals surface area contributed by atoms with Gasteiger partial charge in [-0.05, 0) is 48.0 Å². The summed E-state index contributed by atoms with van der Waals surface area (Å²) >= 11 is 0. The van der Waals surface area contributed by atoms with E-state index in [9.17, 15) is 4.79 Å². The van der Waals surface area contributed by atoms with Crippen molar-refractivity contribution in [1.82, 2.24) is 10.4 Å². The van der Waals surface area contributed by atoms with Crippen LogP contribution in [0.25, 0.3) is 12.2 Å². The minimum atomic E-state index is -0.242. The van der Waals surface area contributed by atoms with Crippen LogP contribution in [-0.4, -0.2) is 31.2 Å². The Morgan fingerprint density at radius 2 is 1.96 bits per heavy atom. The van der Waals surface area contributed by atoms with Crippen LogP contribution < -0.4 is 21.3 Å². The number of amides is 1. The number of rotatable bonds is 9. The van der Waals surface area contributed by atoms with Crippen molar-refractivity contribution in [2.75, 3.05) is 25.6 Å². The van der Waals surface area contributed by atoms with Crippen molar-refractivity contribution < 1.29 is 14.3 Å². The monoisotopic (exact) mass is 354 g/mol. The molecule has 1 aromatic heterocycles. The summed E-state index contributed by atoms with van der Waals surface area (Å²) < 4.78 is 10.4. The van der Waals surface area contributed by atoms with Gasteiger partial charge in [-0.2, -0.15) is 0 Å². The lowest BCUT2D eigenvalue weighted by Gasteiger charge is -2.07. The van der Waals surface area contributed by atoms with E-state index >= 15 is 0 Å². The third-order valence-electron chi connectivity index (χ3n) is 3.34. The number of methoxy groups -OCH3 is 1. The molecule has 1 aromatic carbocycles. The van der Waals surface area contributed by atoms with Gasteiger partial charge in [0.2, 0.25) is 5.91 Å². The van der Waals surface area contributed by atoms with Crippen LogP contribution in [0.2, 0.25) is 0 Å². The van der Waals surface area contributed by atoms with Crippen LogP contribution in [0.4, 0.5) is 5.69 Å². The van der Waals surface area contributed by atoms with Crippen LogP contribution in [0, 0.1) is 0 Å². The van der Waals surface area contributed by atoms with E-state index in [4.69, 9.17) is 15.3 Å². The Kier molecular flexibility index (Phi) is 7.85. The standard InChI is InChI=1S/C19H22N4O3/c1-25-12-13-26-18-5-3-17(4-6-18)23-19(24)7-2-16-14-21-10-8-15(16)9-11-22-20/h2-11,14,22H,12-13,20H2,1H3,(H,23,24)/b7-2+,11-9+. The molecule has 1 amide bonds. The molecule has 136 valence electrons. The fourth-order valence-corrected chi connectivity index (χ4v) is 2.07. The predicted molar refractivity (Wildman–Crippen MR) is 102 cm³/mol. The van der Waals surface area contributed by atoms with Gasteiger partial charge in [0.15, 0.2) is 0 Å². The highest BCUT2D eigenvalue weighted by molar-refractivity contribution is 6.02. The summed E-state index contributed by atoms with van der Waals surface area (Å²) in [7, 11) is 1.62. The van der Waals surface area contributed by atoms with Gasteiger partial charge < -0.3 is 20.2 Å². The zero-order valence-corrected chi connectivity index (χ0v) is 14.5. The zero-order valence-electron chi connectivity index (χ0n) is 14.5. The van der Waals surface area contributed by atoms with E-state index in [1.807, 2.05) is 6.07 Å². The van der Waals surface area contributed by atoms with E-state index in [2.05, 4.69) is 15.7 Å². The molecule has 0 aliphatic carbocycles. The number of carbonyl (C=O) groups is 1. The summed E-state index contributed by atoms with van der Waals surface area (Å²) in [6.45, 7) is 1.00. The first kappa shape index (κ1) is 19.2. The van der Waals surface area contributed by atoms with E-state index in [-0.39, 0.29) is 5.91 Å². The van der Waals surface area contributed by atoms with E-state index in [1.54, 1.807) is 62.1 Å². The van der Waals surface area contributed by atoms with Crippen molar-refractivity contribution in [1.29, 1.82) is 0 Å². The van der Waals surface area contributed by atoms with Gasteiger partial charge in [0, 0.05) is 43.0 Å². The van der Waals surface area contributed by atoms with E-state index in [0.29, 0.717) is 18.9 Å². The lowest BCUT2D eigenvalue weighted by atomic mass is 10.1. The molecule has 2 rings (SSSR count). The Bertz CT molecular complexity index is 758. The molecule has 1 heterocycles. The molecule has 0 saturated carbocycles. The van der Waals surface area contributed by atoms with Gasteiger partial charge in [-0.3, -0.25) is 15.6 Å². The van der Waals surface area contributed by atoms with Crippen LogP contribution in [0.1, 0.15) is 11.1 Å². The average Bonchev–Trinajstić information content (AvgIpc) is 2.67. The molecule has 2 aromatic rings. The lowest BCUT2D eigenvalue weighted by Crippen LogP contribution is -2.12. The fourth-order valence-electron chi connectivity index (χ4n) is 2.07. The van der Waals surface area contributed by atoms with E-state index in [0.717, 1.165) is 16.9 Å². The molecule has 0 bridgehead atoms. The number of ether oxygens (including phenoxy) is 2. The molecule has 0 aliphatic heterocycles. The van der Waals surface area contributed by atoms with Crippen molar-refractivity contribution in [3.63, 3.8) is 0 Å². The van der Waals surface area contributed by atoms with E-state index in [1.165, 1.54) is 6.08 Å². The fraction of sp³-hybridized carbons (Fsp3) is 0.158. The van der Waals surface area contributed by atoms with Gasteiger partial charge in [0.25, 0.3) is 0 Å². The van der Waals surface area contributed by atoms with Crippen molar-refractivity contribution in [3.05, 3.63) is 66.1 Å². The second kappa shape index (κ2) is 10.7. The molecule has 26 heavy (non-hydrogen) atoms. The van der Waals surface area contributed by atoms with Gasteiger partial charge >= 0.3 is 0 Å². The summed E-state index contributed by atoms with van der Waals surface area (Å²) in [4.78, 5) is 16.2. The number of hydrazine groups is 1. The smallest absolute Gasteiger partial charge is 0.248 e. The first-order valence-corrected chi connectivity index (χ1v) is 8.00. The summed E-state index contributed by atoms with van der Waals surface area (Å²) in [6.07, 6.45) is 9.88. The topological polar surface area (TPSA) is 98.5 Å². The van der Waals surface area contributed by atoms with Gasteiger partial charge in [-0.15, -0.1) is 0 Å². The molecule has 0 fully saturated rings. The highest BCUT2D eigenvalue weighted by Gasteiger charge is 2.01. The van der Waals surface area contributed by atoms with Gasteiger partial charge in [0.1, 0.15) is 12.4 Å². The van der Waals surface area contributed by atoms with E-state index < -0.39 is 0 Å². The minimum absolute atomic E-state index is 0.242. The summed E-state index contributed by atoms with van der Waals surface area (Å²) in [5, 5.41) is 2.79. The molecule has 0 radical (unpaired) electrons. The molecule has 4 N–H and O–H groups in total. The Balaban J connectivity index is 1.94. The first-order chi connectivity index (χ1) is 12.7. The Morgan fingerprint density at radius 1 is 1.15 bits per heavy atom. The Morgan fingerprint density at radius 3 is 2.69 bits per heavy atom. The maximum Gasteiger partial charge on any atom is 0.248 e. The molecule has 0 aliphatic rings. The molecule has 7 nitrogen and oxygen atoms in total.